The van der Waals surface area contributed by atoms with Crippen molar-refractivity contribution in [2.75, 3.05) is 13.2 Å². The molecule has 0 radical (unpaired) electrons. The van der Waals surface area contributed by atoms with Gasteiger partial charge in [0.25, 0.3) is 0 Å². The molecule has 1 fully saturated rings. The Morgan fingerprint density at radius 3 is 2.90 bits per heavy atom. The highest BCUT2D eigenvalue weighted by atomic mass is 32.2. The highest BCUT2D eigenvalue weighted by Gasteiger charge is 2.19. The van der Waals surface area contributed by atoms with Gasteiger partial charge in [-0.2, -0.15) is 0 Å². The van der Waals surface area contributed by atoms with Gasteiger partial charge in [0.05, 0.1) is 11.0 Å². The number of hydrogen-bond donors (Lipinski definition) is 2. The first-order chi connectivity index (χ1) is 9.56. The number of aryl methyl sites for hydroxylation is 1. The monoisotopic (exact) mass is 301 g/mol. The third-order valence-electron chi connectivity index (χ3n) is 3.60. The average molecular weight is 301 g/mol. The third kappa shape index (κ3) is 3.60. The van der Waals surface area contributed by atoms with Crippen LogP contribution in [0.1, 0.15) is 31.9 Å². The predicted octanol–water partition coefficient (Wildman–Crippen LogP) is 0.814. The van der Waals surface area contributed by atoms with Crippen molar-refractivity contribution in [3.8, 4) is 0 Å². The van der Waals surface area contributed by atoms with E-state index in [2.05, 4.69) is 4.72 Å². The first kappa shape index (κ1) is 15.5. The lowest BCUT2D eigenvalue weighted by atomic mass is 10.2. The van der Waals surface area contributed by atoms with Crippen LogP contribution in [-0.4, -0.2) is 32.2 Å². The molecule has 0 spiro atoms. The van der Waals surface area contributed by atoms with Crippen LogP contribution in [0.25, 0.3) is 0 Å². The van der Waals surface area contributed by atoms with E-state index in [1.54, 1.807) is 12.3 Å². The van der Waals surface area contributed by atoms with Gasteiger partial charge in [0, 0.05) is 38.1 Å². The molecule has 1 atom stereocenters. The van der Waals surface area contributed by atoms with Gasteiger partial charge in [-0.1, -0.05) is 0 Å². The zero-order valence-corrected chi connectivity index (χ0v) is 12.7. The van der Waals surface area contributed by atoms with Crippen LogP contribution < -0.4 is 10.5 Å². The van der Waals surface area contributed by atoms with Gasteiger partial charge in [-0.05, 0) is 32.3 Å². The standard InChI is InChI=1S/C13H23N3O3S/c1-2-16-10-13(8-11(16)9-14)20(17,18)15-6-5-12-4-3-7-19-12/h8,10,12,15H,2-7,9,14H2,1H3. The lowest BCUT2D eigenvalue weighted by Crippen LogP contribution is -2.27. The molecule has 1 unspecified atom stereocenters. The Bertz CT molecular complexity index is 512. The maximum absolute atomic E-state index is 12.2. The van der Waals surface area contributed by atoms with E-state index in [0.717, 1.165) is 31.6 Å². The highest BCUT2D eigenvalue weighted by molar-refractivity contribution is 7.89. The molecule has 3 N–H and O–H groups in total. The van der Waals surface area contributed by atoms with Gasteiger partial charge in [-0.15, -0.1) is 0 Å². The number of aromatic nitrogens is 1. The summed E-state index contributed by atoms with van der Waals surface area (Å²) in [6, 6.07) is 1.64. The SMILES string of the molecule is CCn1cc(S(=O)(=O)NCCC2CCCO2)cc1CN. The van der Waals surface area contributed by atoms with Gasteiger partial charge in [-0.3, -0.25) is 0 Å². The molecule has 0 bridgehead atoms. The summed E-state index contributed by atoms with van der Waals surface area (Å²) in [5, 5.41) is 0. The molecule has 2 heterocycles. The molecule has 1 aliphatic rings. The molecule has 1 aliphatic heterocycles. The third-order valence-corrected chi connectivity index (χ3v) is 5.03. The number of nitrogens with two attached hydrogens (primary N) is 1. The Kier molecular flexibility index (Phi) is 5.20. The fourth-order valence-corrected chi connectivity index (χ4v) is 3.56. The zero-order valence-electron chi connectivity index (χ0n) is 11.8. The van der Waals surface area contributed by atoms with Crippen LogP contribution in [-0.2, 0) is 27.8 Å². The van der Waals surface area contributed by atoms with Crippen molar-refractivity contribution in [2.45, 2.75) is 50.3 Å². The number of nitrogens with zero attached hydrogens (tertiary/aromatic N) is 1. The summed E-state index contributed by atoms with van der Waals surface area (Å²) in [7, 11) is -3.46. The summed E-state index contributed by atoms with van der Waals surface area (Å²) in [5.74, 6) is 0. The molecule has 0 amide bonds. The van der Waals surface area contributed by atoms with Crippen LogP contribution in [0.2, 0.25) is 0 Å². The van der Waals surface area contributed by atoms with E-state index in [0.29, 0.717) is 19.6 Å². The van der Waals surface area contributed by atoms with Gasteiger partial charge < -0.3 is 15.0 Å². The lowest BCUT2D eigenvalue weighted by molar-refractivity contribution is 0.105. The van der Waals surface area contributed by atoms with E-state index in [9.17, 15) is 8.42 Å². The second-order valence-electron chi connectivity index (χ2n) is 4.98. The van der Waals surface area contributed by atoms with Crippen LogP contribution in [0.15, 0.2) is 17.2 Å². The van der Waals surface area contributed by atoms with E-state index in [1.165, 1.54) is 0 Å². The Hall–Kier alpha value is -0.890. The normalized spacial score (nSPS) is 19.6. The van der Waals surface area contributed by atoms with Crippen molar-refractivity contribution in [1.29, 1.82) is 0 Å². The van der Waals surface area contributed by atoms with E-state index in [4.69, 9.17) is 10.5 Å². The lowest BCUT2D eigenvalue weighted by Gasteiger charge is -2.09. The number of rotatable bonds is 7. The molecule has 20 heavy (non-hydrogen) atoms. The maximum Gasteiger partial charge on any atom is 0.242 e. The molecule has 6 nitrogen and oxygen atoms in total. The molecule has 114 valence electrons. The van der Waals surface area contributed by atoms with E-state index >= 15 is 0 Å². The van der Waals surface area contributed by atoms with Crippen molar-refractivity contribution in [1.82, 2.24) is 9.29 Å². The molecule has 1 aromatic heterocycles. The quantitative estimate of drug-likeness (QED) is 0.780. The largest absolute Gasteiger partial charge is 0.378 e. The minimum absolute atomic E-state index is 0.192. The number of hydrogen-bond acceptors (Lipinski definition) is 4. The minimum atomic E-state index is -3.46. The first-order valence-corrected chi connectivity index (χ1v) is 8.55. The zero-order chi connectivity index (χ0) is 14.6. The summed E-state index contributed by atoms with van der Waals surface area (Å²) in [4.78, 5) is 0.284. The van der Waals surface area contributed by atoms with Crippen molar-refractivity contribution in [2.24, 2.45) is 5.73 Å². The second kappa shape index (κ2) is 6.71. The number of nitrogens with one attached hydrogen (secondary N) is 1. The van der Waals surface area contributed by atoms with Gasteiger partial charge in [-0.25, -0.2) is 13.1 Å². The highest BCUT2D eigenvalue weighted by Crippen LogP contribution is 2.16. The molecular weight excluding hydrogens is 278 g/mol. The summed E-state index contributed by atoms with van der Waals surface area (Å²) >= 11 is 0. The summed E-state index contributed by atoms with van der Waals surface area (Å²) < 4.78 is 34.4. The predicted molar refractivity (Wildman–Crippen MR) is 76.8 cm³/mol. The van der Waals surface area contributed by atoms with E-state index < -0.39 is 10.0 Å². The fourth-order valence-electron chi connectivity index (χ4n) is 2.45. The Balaban J connectivity index is 1.96. The Morgan fingerprint density at radius 2 is 2.35 bits per heavy atom. The smallest absolute Gasteiger partial charge is 0.242 e. The topological polar surface area (TPSA) is 86.3 Å². The van der Waals surface area contributed by atoms with Gasteiger partial charge in [0.15, 0.2) is 0 Å². The average Bonchev–Trinajstić information content (AvgIpc) is 3.07. The van der Waals surface area contributed by atoms with E-state index in [1.807, 2.05) is 11.5 Å². The van der Waals surface area contributed by atoms with Crippen LogP contribution >= 0.6 is 0 Å². The van der Waals surface area contributed by atoms with Crippen LogP contribution in [0.4, 0.5) is 0 Å². The molecule has 1 aromatic rings. The van der Waals surface area contributed by atoms with E-state index in [-0.39, 0.29) is 11.0 Å². The second-order valence-corrected chi connectivity index (χ2v) is 6.75. The fraction of sp³-hybridized carbons (Fsp3) is 0.692. The first-order valence-electron chi connectivity index (χ1n) is 7.07. The number of ether oxygens (including phenoxy) is 1. The van der Waals surface area contributed by atoms with Gasteiger partial charge >= 0.3 is 0 Å². The van der Waals surface area contributed by atoms with Crippen LogP contribution in [0.5, 0.6) is 0 Å². The van der Waals surface area contributed by atoms with Crippen molar-refractivity contribution < 1.29 is 13.2 Å². The van der Waals surface area contributed by atoms with Crippen LogP contribution in [0, 0.1) is 0 Å². The van der Waals surface area contributed by atoms with Crippen LogP contribution in [0.3, 0.4) is 0 Å². The summed E-state index contributed by atoms with van der Waals surface area (Å²) in [5.41, 5.74) is 6.44. The Morgan fingerprint density at radius 1 is 1.55 bits per heavy atom. The van der Waals surface area contributed by atoms with Gasteiger partial charge in [0.2, 0.25) is 10.0 Å². The number of sulfonamides is 1. The molecule has 0 saturated carbocycles. The summed E-state index contributed by atoms with van der Waals surface area (Å²) in [6.45, 7) is 4.19. The molecule has 2 rings (SSSR count). The minimum Gasteiger partial charge on any atom is -0.378 e. The maximum atomic E-state index is 12.2. The van der Waals surface area contributed by atoms with Crippen molar-refractivity contribution in [3.63, 3.8) is 0 Å². The van der Waals surface area contributed by atoms with Gasteiger partial charge in [0.1, 0.15) is 0 Å². The van der Waals surface area contributed by atoms with Crippen molar-refractivity contribution in [3.05, 3.63) is 18.0 Å². The molecule has 7 heteroatoms. The Labute approximate surface area is 120 Å². The molecule has 1 saturated heterocycles. The molecule has 0 aromatic carbocycles. The van der Waals surface area contributed by atoms with Crippen molar-refractivity contribution >= 4 is 10.0 Å². The summed E-state index contributed by atoms with van der Waals surface area (Å²) in [6.07, 6.45) is 4.63. The molecular formula is C13H23N3O3S. The molecule has 0 aliphatic carbocycles.